The summed E-state index contributed by atoms with van der Waals surface area (Å²) in [5.41, 5.74) is 8.50. The minimum Gasteiger partial charge on any atom is -0.489 e. The van der Waals surface area contributed by atoms with Crippen molar-refractivity contribution in [1.29, 1.82) is 0 Å². The van der Waals surface area contributed by atoms with E-state index in [4.69, 9.17) is 10.5 Å². The maximum Gasteiger partial charge on any atom is 0.221 e. The van der Waals surface area contributed by atoms with Crippen molar-refractivity contribution < 1.29 is 14.3 Å². The molecule has 32 heavy (non-hydrogen) atoms. The summed E-state index contributed by atoms with van der Waals surface area (Å²) in [6, 6.07) is 8.76. The molecule has 4 aliphatic rings. The summed E-state index contributed by atoms with van der Waals surface area (Å²) in [7, 11) is 0. The van der Waals surface area contributed by atoms with Crippen molar-refractivity contribution in [2.24, 2.45) is 23.0 Å². The van der Waals surface area contributed by atoms with E-state index in [9.17, 15) is 9.59 Å². The van der Waals surface area contributed by atoms with Gasteiger partial charge in [0.15, 0.2) is 5.78 Å². The van der Waals surface area contributed by atoms with Crippen LogP contribution >= 0.6 is 0 Å². The van der Waals surface area contributed by atoms with E-state index in [1.54, 1.807) is 0 Å². The van der Waals surface area contributed by atoms with E-state index in [0.717, 1.165) is 18.4 Å². The highest BCUT2D eigenvalue weighted by Gasteiger charge is 2.53. The molecule has 2 N–H and O–H groups in total. The quantitative estimate of drug-likeness (QED) is 0.774. The van der Waals surface area contributed by atoms with Crippen molar-refractivity contribution in [3.05, 3.63) is 77.4 Å². The van der Waals surface area contributed by atoms with Gasteiger partial charge < -0.3 is 10.5 Å². The minimum absolute atomic E-state index is 0.0439. The summed E-state index contributed by atoms with van der Waals surface area (Å²) >= 11 is 0. The summed E-state index contributed by atoms with van der Waals surface area (Å²) in [6.45, 7) is 2.33. The number of nitrogens with zero attached hydrogens (tertiary/aromatic N) is 1. The zero-order valence-electron chi connectivity index (χ0n) is 18.1. The van der Waals surface area contributed by atoms with Crippen LogP contribution in [0.4, 0.5) is 0 Å². The summed E-state index contributed by atoms with van der Waals surface area (Å²) in [6.07, 6.45) is 12.9. The van der Waals surface area contributed by atoms with Gasteiger partial charge >= 0.3 is 0 Å². The van der Waals surface area contributed by atoms with Crippen LogP contribution < -0.4 is 5.73 Å². The molecule has 0 spiro atoms. The fourth-order valence-corrected chi connectivity index (χ4v) is 6.36. The standard InChI is InChI=1S/C27H26N2O3/c1-27-8-6-17-11-20-23(30)12-18(26(28)31)13-24(20)32-25(17)22(27)5-4-21(27)16-3-2-15-7-9-29-14-19(15)10-16/h2-3,6-11,14,18,21-22,25H,4-5,12-13H2,1H3,(H2,28,31)/t18?,21-,22+,25-,27-/m1/s1. The first-order chi connectivity index (χ1) is 15.4. The molecule has 1 saturated carbocycles. The van der Waals surface area contributed by atoms with E-state index >= 15 is 0 Å². The summed E-state index contributed by atoms with van der Waals surface area (Å²) < 4.78 is 6.50. The van der Waals surface area contributed by atoms with Gasteiger partial charge in [-0.1, -0.05) is 31.2 Å². The Bertz CT molecular complexity index is 1260. The van der Waals surface area contributed by atoms with Gasteiger partial charge in [-0.3, -0.25) is 14.6 Å². The van der Waals surface area contributed by atoms with Gasteiger partial charge in [0.1, 0.15) is 11.9 Å². The van der Waals surface area contributed by atoms with Crippen molar-refractivity contribution in [1.82, 2.24) is 4.98 Å². The maximum atomic E-state index is 12.6. The largest absolute Gasteiger partial charge is 0.489 e. The third kappa shape index (κ3) is 2.80. The number of hydrogen-bond donors (Lipinski definition) is 1. The number of fused-ring (bicyclic) bond motifs is 4. The van der Waals surface area contributed by atoms with Crippen molar-refractivity contribution in [3.8, 4) is 0 Å². The summed E-state index contributed by atoms with van der Waals surface area (Å²) in [4.78, 5) is 28.7. The Morgan fingerprint density at radius 3 is 2.91 bits per heavy atom. The van der Waals surface area contributed by atoms with Crippen LogP contribution in [0, 0.1) is 17.3 Å². The normalized spacial score (nSPS) is 33.3. The van der Waals surface area contributed by atoms with Gasteiger partial charge in [-0.05, 0) is 58.9 Å². The van der Waals surface area contributed by atoms with E-state index in [1.165, 1.54) is 16.3 Å². The predicted octanol–water partition coefficient (Wildman–Crippen LogP) is 4.35. The Morgan fingerprint density at radius 2 is 2.06 bits per heavy atom. The molecule has 162 valence electrons. The van der Waals surface area contributed by atoms with Crippen LogP contribution in [0.15, 0.2) is 71.8 Å². The zero-order valence-corrected chi connectivity index (χ0v) is 18.1. The SMILES string of the molecule is C[C@]12C=CC3=CC4=C(CC(C(N)=O)CC4=O)O[C@H]3[C@@H]1CC[C@@H]2c1ccc2ccncc2c1. The molecule has 2 aromatic rings. The van der Waals surface area contributed by atoms with E-state index in [2.05, 4.69) is 42.3 Å². The number of ketones is 1. The van der Waals surface area contributed by atoms with E-state index in [1.807, 2.05) is 24.5 Å². The molecule has 0 saturated heterocycles. The molecule has 5 nitrogen and oxygen atoms in total. The fraction of sp³-hybridized carbons (Fsp3) is 0.370. The third-order valence-corrected chi connectivity index (χ3v) is 8.16. The number of aromatic nitrogens is 1. The van der Waals surface area contributed by atoms with Crippen LogP contribution in [0.3, 0.4) is 0 Å². The van der Waals surface area contributed by atoms with Crippen molar-refractivity contribution in [3.63, 3.8) is 0 Å². The van der Waals surface area contributed by atoms with Gasteiger partial charge in [-0.2, -0.15) is 0 Å². The Hall–Kier alpha value is -3.21. The van der Waals surface area contributed by atoms with Crippen molar-refractivity contribution in [2.75, 3.05) is 0 Å². The smallest absolute Gasteiger partial charge is 0.221 e. The first-order valence-electron chi connectivity index (χ1n) is 11.4. The number of carbonyl (C=O) groups is 2. The molecule has 1 amide bonds. The number of nitrogens with two attached hydrogens (primary N) is 1. The highest BCUT2D eigenvalue weighted by atomic mass is 16.5. The Kier molecular flexibility index (Phi) is 4.19. The molecule has 2 heterocycles. The predicted molar refractivity (Wildman–Crippen MR) is 121 cm³/mol. The number of Topliss-reactive ketones (excluding diaryl/α,β-unsaturated/α-hetero) is 1. The molecule has 0 bridgehead atoms. The van der Waals surface area contributed by atoms with Gasteiger partial charge in [0.25, 0.3) is 0 Å². The fourth-order valence-electron chi connectivity index (χ4n) is 6.36. The molecule has 1 aromatic heterocycles. The number of pyridine rings is 1. The second-order valence-corrected chi connectivity index (χ2v) is 9.87. The molecule has 1 fully saturated rings. The van der Waals surface area contributed by atoms with Crippen molar-refractivity contribution in [2.45, 2.75) is 44.6 Å². The zero-order chi connectivity index (χ0) is 22.0. The van der Waals surface area contributed by atoms with Gasteiger partial charge in [0.05, 0.1) is 11.5 Å². The van der Waals surface area contributed by atoms with Crippen LogP contribution in [0.25, 0.3) is 10.8 Å². The van der Waals surface area contributed by atoms with Gasteiger partial charge in [0.2, 0.25) is 5.91 Å². The van der Waals surface area contributed by atoms with Crippen LogP contribution in [0.2, 0.25) is 0 Å². The molecule has 6 rings (SSSR count). The topological polar surface area (TPSA) is 82.3 Å². The average molecular weight is 427 g/mol. The Balaban J connectivity index is 1.35. The first-order valence-corrected chi connectivity index (χ1v) is 11.4. The number of carbonyl (C=O) groups excluding carboxylic acids is 2. The van der Waals surface area contributed by atoms with E-state index < -0.39 is 11.8 Å². The molecule has 1 unspecified atom stereocenters. The lowest BCUT2D eigenvalue weighted by Crippen LogP contribution is -2.42. The number of rotatable bonds is 2. The highest BCUT2D eigenvalue weighted by molar-refractivity contribution is 6.02. The first kappa shape index (κ1) is 19.5. The van der Waals surface area contributed by atoms with Gasteiger partial charge in [-0.25, -0.2) is 0 Å². The molecule has 1 aromatic carbocycles. The van der Waals surface area contributed by atoms with Gasteiger partial charge in [0, 0.05) is 36.5 Å². The number of primary amides is 1. The summed E-state index contributed by atoms with van der Waals surface area (Å²) in [5, 5.41) is 2.37. The van der Waals surface area contributed by atoms with Gasteiger partial charge in [-0.15, -0.1) is 0 Å². The number of ether oxygens (including phenoxy) is 1. The lowest BCUT2D eigenvalue weighted by atomic mass is 9.64. The lowest BCUT2D eigenvalue weighted by molar-refractivity contribution is -0.127. The van der Waals surface area contributed by atoms with Crippen LogP contribution in [0.1, 0.15) is 44.1 Å². The number of benzene rings is 1. The number of allylic oxidation sites excluding steroid dienone is 4. The summed E-state index contributed by atoms with van der Waals surface area (Å²) in [5.74, 6) is 0.410. The van der Waals surface area contributed by atoms with Crippen LogP contribution in [0.5, 0.6) is 0 Å². The molecular formula is C27H26N2O3. The monoisotopic (exact) mass is 426 g/mol. The molecule has 3 aliphatic carbocycles. The van der Waals surface area contributed by atoms with Crippen LogP contribution in [-0.2, 0) is 14.3 Å². The molecule has 0 radical (unpaired) electrons. The number of hydrogen-bond acceptors (Lipinski definition) is 4. The Morgan fingerprint density at radius 1 is 1.19 bits per heavy atom. The van der Waals surface area contributed by atoms with Crippen molar-refractivity contribution >= 4 is 22.5 Å². The minimum atomic E-state index is -0.468. The van der Waals surface area contributed by atoms with E-state index in [0.29, 0.717) is 29.6 Å². The second-order valence-electron chi connectivity index (χ2n) is 9.87. The Labute approximate surface area is 187 Å². The number of amides is 1. The maximum absolute atomic E-state index is 12.6. The molecule has 5 heteroatoms. The molecular weight excluding hydrogens is 400 g/mol. The molecule has 1 aliphatic heterocycles. The molecule has 5 atom stereocenters. The lowest BCUT2D eigenvalue weighted by Gasteiger charge is -2.44. The van der Waals surface area contributed by atoms with E-state index in [-0.39, 0.29) is 23.7 Å². The highest BCUT2D eigenvalue weighted by Crippen LogP contribution is 2.59. The van der Waals surface area contributed by atoms with Crippen LogP contribution in [-0.4, -0.2) is 22.8 Å². The average Bonchev–Trinajstić information content (AvgIpc) is 3.15. The third-order valence-electron chi connectivity index (χ3n) is 8.16. The second kappa shape index (κ2) is 6.89.